The van der Waals surface area contributed by atoms with Crippen LogP contribution >= 0.6 is 0 Å². The van der Waals surface area contributed by atoms with E-state index in [1.807, 2.05) is 100 Å². The highest BCUT2D eigenvalue weighted by Gasteiger charge is 2.34. The summed E-state index contributed by atoms with van der Waals surface area (Å²) in [6, 6.07) is 22.7. The number of carbonyl (C=O) groups is 4. The van der Waals surface area contributed by atoms with E-state index in [4.69, 9.17) is 0 Å². The summed E-state index contributed by atoms with van der Waals surface area (Å²) in [6.07, 6.45) is 5.47. The third-order valence-electron chi connectivity index (χ3n) is 12.1. The first-order valence-corrected chi connectivity index (χ1v) is 21.9. The van der Waals surface area contributed by atoms with Crippen molar-refractivity contribution in [3.63, 3.8) is 0 Å². The summed E-state index contributed by atoms with van der Waals surface area (Å²) in [6.45, 7) is 7.85. The number of benzene rings is 4. The normalized spacial score (nSPS) is 12.8. The maximum absolute atomic E-state index is 12.2. The molecule has 0 aliphatic heterocycles. The predicted molar refractivity (Wildman–Crippen MR) is 249 cm³/mol. The predicted octanol–water partition coefficient (Wildman–Crippen LogP) is 4.16. The zero-order valence-corrected chi connectivity index (χ0v) is 37.8. The summed E-state index contributed by atoms with van der Waals surface area (Å²) < 4.78 is 5.22. The second kappa shape index (κ2) is 15.5. The Morgan fingerprint density at radius 3 is 1.00 bits per heavy atom. The van der Waals surface area contributed by atoms with Crippen LogP contribution in [0, 0.1) is 27.7 Å². The summed E-state index contributed by atoms with van der Waals surface area (Å²) in [5.41, 5.74) is 13.8. The fraction of sp³-hybridized carbons (Fsp3) is 0.0833. The Balaban J connectivity index is 0.0000000933. The van der Waals surface area contributed by atoms with E-state index >= 15 is 0 Å². The number of nitrogens with zero attached hydrogens (tertiary/aromatic N) is 20. The van der Waals surface area contributed by atoms with Crippen LogP contribution in [0.4, 0.5) is 0 Å². The number of hydrogen-bond donors (Lipinski definition) is 0. The molecule has 16 rings (SSSR count). The maximum atomic E-state index is 12.2. The van der Waals surface area contributed by atoms with E-state index in [0.717, 1.165) is 44.5 Å². The van der Waals surface area contributed by atoms with Crippen LogP contribution in [0.25, 0.3) is 68.1 Å². The van der Waals surface area contributed by atoms with Gasteiger partial charge >= 0.3 is 0 Å². The molecule has 0 saturated heterocycles. The Bertz CT molecular complexity index is 4120. The van der Waals surface area contributed by atoms with Crippen molar-refractivity contribution in [1.82, 2.24) is 99.2 Å². The van der Waals surface area contributed by atoms with Gasteiger partial charge in [0.15, 0.2) is 11.4 Å². The van der Waals surface area contributed by atoms with E-state index in [1.54, 1.807) is 0 Å². The second-order valence-electron chi connectivity index (χ2n) is 16.9. The lowest BCUT2D eigenvalue weighted by molar-refractivity contribution is 0.102. The van der Waals surface area contributed by atoms with Gasteiger partial charge in [0.25, 0.3) is 23.1 Å². The van der Waals surface area contributed by atoms with Gasteiger partial charge in [-0.05, 0) is 52.0 Å². The SMILES string of the molecule is Cc1ccc2c(c1)-c1nc3ncnn3nc1C2=O.Cc1ccc2c(c1)-c1nn3ncnc3nc1C2=O.Cc1ccc2c(c1)C(=O)c1nc3ncnn3nc1-2.Cc1ccc2c(c1)C(=O)c1nn3ncnc3nc1-2. The molecule has 4 aliphatic rings. The van der Waals surface area contributed by atoms with Gasteiger partial charge in [-0.15, -0.1) is 59.3 Å². The Morgan fingerprint density at radius 1 is 0.292 bits per heavy atom. The van der Waals surface area contributed by atoms with Gasteiger partial charge in [0, 0.05) is 44.5 Å². The molecule has 4 aromatic carbocycles. The molecule has 0 atom stereocenters. The molecular formula is C48H28N20O4. The van der Waals surface area contributed by atoms with Gasteiger partial charge in [-0.3, -0.25) is 19.2 Å². The second-order valence-corrected chi connectivity index (χ2v) is 16.9. The molecule has 8 heterocycles. The van der Waals surface area contributed by atoms with Gasteiger partial charge in [-0.1, -0.05) is 70.8 Å². The molecule has 0 unspecified atom stereocenters. The van der Waals surface area contributed by atoms with E-state index < -0.39 is 0 Å². The van der Waals surface area contributed by atoms with E-state index in [2.05, 4.69) is 80.7 Å². The minimum absolute atomic E-state index is 0.0956. The van der Waals surface area contributed by atoms with E-state index in [9.17, 15) is 19.2 Å². The van der Waals surface area contributed by atoms with Gasteiger partial charge in [0.2, 0.25) is 23.1 Å². The molecule has 0 spiro atoms. The molecule has 0 amide bonds. The van der Waals surface area contributed by atoms with Crippen LogP contribution < -0.4 is 0 Å². The van der Waals surface area contributed by atoms with Crippen LogP contribution in [-0.4, -0.2) is 122 Å². The summed E-state index contributed by atoms with van der Waals surface area (Å²) in [5.74, 6) is 1.07. The smallest absolute Gasteiger partial charge is 0.271 e. The van der Waals surface area contributed by atoms with Gasteiger partial charge in [0.05, 0.1) is 0 Å². The van der Waals surface area contributed by atoms with Crippen LogP contribution in [0.1, 0.15) is 86.5 Å². The molecule has 12 aromatic rings. The standard InChI is InChI=1S/4C12H7N5O/c1-6-2-3-7-8(4-6)9-10(11(7)18)15-12-13-5-14-17(12)16-9;1-6-2-3-7-8(4-6)9-10(11(7)18)16-17-12(15-9)13-5-14-17;1-6-2-3-7-8(4-6)11(18)10-9(7)16-17-12(15-10)13-5-14-17;1-6-2-3-7-8(4-6)11(18)10-9(7)15-12-13-5-14-17(12)16-10/h4*2-5H,1H3. The average Bonchev–Trinajstić information content (AvgIpc) is 4.28. The lowest BCUT2D eigenvalue weighted by Crippen LogP contribution is -2.06. The third kappa shape index (κ3) is 6.46. The van der Waals surface area contributed by atoms with Crippen molar-refractivity contribution in [3.8, 4) is 45.0 Å². The zero-order valence-electron chi connectivity index (χ0n) is 37.8. The van der Waals surface area contributed by atoms with Crippen molar-refractivity contribution >= 4 is 46.2 Å². The van der Waals surface area contributed by atoms with Crippen molar-refractivity contribution in [3.05, 3.63) is 165 Å². The molecule has 0 N–H and O–H groups in total. The largest absolute Gasteiger partial charge is 0.287 e. The average molecular weight is 949 g/mol. The summed E-state index contributed by atoms with van der Waals surface area (Å²) in [7, 11) is 0. The molecule has 72 heavy (non-hydrogen) atoms. The van der Waals surface area contributed by atoms with Crippen molar-refractivity contribution < 1.29 is 19.2 Å². The van der Waals surface area contributed by atoms with Crippen LogP contribution in [0.3, 0.4) is 0 Å². The van der Waals surface area contributed by atoms with Gasteiger partial charge in [-0.2, -0.15) is 19.9 Å². The number of aromatic nitrogens is 20. The Morgan fingerprint density at radius 2 is 0.569 bits per heavy atom. The highest BCUT2D eigenvalue weighted by atomic mass is 16.1. The number of ketones is 4. The molecule has 0 fully saturated rings. The Hall–Kier alpha value is -10.5. The molecule has 24 heteroatoms. The molecule has 8 aromatic heterocycles. The molecule has 0 saturated carbocycles. The minimum atomic E-state index is -0.107. The molecule has 24 nitrogen and oxygen atoms in total. The number of carbonyl (C=O) groups excluding carboxylic acids is 4. The van der Waals surface area contributed by atoms with Crippen LogP contribution in [0.15, 0.2) is 98.1 Å². The summed E-state index contributed by atoms with van der Waals surface area (Å²) >= 11 is 0. The minimum Gasteiger partial charge on any atom is -0.287 e. The van der Waals surface area contributed by atoms with Gasteiger partial charge in [0.1, 0.15) is 59.5 Å². The first-order chi connectivity index (χ1) is 34.9. The molecular weight excluding hydrogens is 921 g/mol. The lowest BCUT2D eigenvalue weighted by atomic mass is 10.1. The fourth-order valence-corrected chi connectivity index (χ4v) is 8.76. The van der Waals surface area contributed by atoms with Crippen LogP contribution in [0.2, 0.25) is 0 Å². The topological polar surface area (TPSA) is 292 Å². The molecule has 4 aliphatic carbocycles. The lowest BCUT2D eigenvalue weighted by Gasteiger charge is -1.99. The highest BCUT2D eigenvalue weighted by Crippen LogP contribution is 2.37. The van der Waals surface area contributed by atoms with Gasteiger partial charge in [-0.25, -0.2) is 19.9 Å². The quantitative estimate of drug-likeness (QED) is 0.206. The molecule has 0 radical (unpaired) electrons. The number of hydrogen-bond acceptors (Lipinski definition) is 20. The summed E-state index contributed by atoms with van der Waals surface area (Å²) in [4.78, 5) is 81.9. The monoisotopic (exact) mass is 948 g/mol. The first-order valence-electron chi connectivity index (χ1n) is 21.9. The van der Waals surface area contributed by atoms with Crippen molar-refractivity contribution in [2.45, 2.75) is 27.7 Å². The summed E-state index contributed by atoms with van der Waals surface area (Å²) in [5, 5.41) is 32.6. The van der Waals surface area contributed by atoms with Crippen LogP contribution in [-0.2, 0) is 0 Å². The number of fused-ring (bicyclic) bond motifs is 16. The molecule has 344 valence electrons. The van der Waals surface area contributed by atoms with Crippen LogP contribution in [0.5, 0.6) is 0 Å². The van der Waals surface area contributed by atoms with Crippen molar-refractivity contribution in [1.29, 1.82) is 0 Å². The van der Waals surface area contributed by atoms with Crippen molar-refractivity contribution in [2.24, 2.45) is 0 Å². The Labute approximate surface area is 401 Å². The zero-order chi connectivity index (χ0) is 49.1. The van der Waals surface area contributed by atoms with Gasteiger partial charge < -0.3 is 0 Å². The van der Waals surface area contributed by atoms with E-state index in [1.165, 1.54) is 43.8 Å². The maximum Gasteiger partial charge on any atom is 0.271 e. The highest BCUT2D eigenvalue weighted by molar-refractivity contribution is 6.22. The number of rotatable bonds is 0. The fourth-order valence-electron chi connectivity index (χ4n) is 8.76. The van der Waals surface area contributed by atoms with Crippen molar-refractivity contribution in [2.75, 3.05) is 0 Å². The van der Waals surface area contributed by atoms with E-state index in [-0.39, 0.29) is 23.1 Å². The number of aryl methyl sites for hydroxylation is 4. The third-order valence-corrected chi connectivity index (χ3v) is 12.1. The van der Waals surface area contributed by atoms with E-state index in [0.29, 0.717) is 90.9 Å². The Kier molecular flexibility index (Phi) is 8.97. The first kappa shape index (κ1) is 41.7. The molecule has 0 bridgehead atoms.